The van der Waals surface area contributed by atoms with E-state index in [-0.39, 0.29) is 17.5 Å². The van der Waals surface area contributed by atoms with Gasteiger partial charge >= 0.3 is 6.03 Å². The standard InChI is InChI=1S/C18H24ClN3O2/c1-2-22-16(23)5-3-10-18(22)11-4-12-21(13-18)17(24)20-15-8-6-14(19)7-9-15/h6-9H,2-5,10-13H2,1H3,(H,20,24). The van der Waals surface area contributed by atoms with Crippen LogP contribution in [0.4, 0.5) is 10.5 Å². The van der Waals surface area contributed by atoms with Crippen molar-refractivity contribution in [1.29, 1.82) is 0 Å². The topological polar surface area (TPSA) is 52.7 Å². The van der Waals surface area contributed by atoms with Crippen molar-refractivity contribution in [3.05, 3.63) is 29.3 Å². The number of carbonyl (C=O) groups excluding carboxylic acids is 2. The van der Waals surface area contributed by atoms with Crippen LogP contribution in [0.25, 0.3) is 0 Å². The molecule has 0 aromatic heterocycles. The Morgan fingerprint density at radius 2 is 1.96 bits per heavy atom. The van der Waals surface area contributed by atoms with Crippen LogP contribution in [-0.4, -0.2) is 46.9 Å². The molecule has 0 radical (unpaired) electrons. The lowest BCUT2D eigenvalue weighted by Crippen LogP contribution is -2.63. The molecule has 3 rings (SSSR count). The minimum Gasteiger partial charge on any atom is -0.336 e. The molecule has 3 amide bonds. The fourth-order valence-corrected chi connectivity index (χ4v) is 4.19. The Hall–Kier alpha value is -1.75. The van der Waals surface area contributed by atoms with E-state index in [1.165, 1.54) is 0 Å². The fourth-order valence-electron chi connectivity index (χ4n) is 4.06. The lowest BCUT2D eigenvalue weighted by Gasteiger charge is -2.51. The van der Waals surface area contributed by atoms with Gasteiger partial charge in [-0.2, -0.15) is 0 Å². The first-order valence-electron chi connectivity index (χ1n) is 8.66. The van der Waals surface area contributed by atoms with Gasteiger partial charge in [0, 0.05) is 36.8 Å². The van der Waals surface area contributed by atoms with E-state index in [1.807, 2.05) is 16.7 Å². The molecule has 6 heteroatoms. The molecule has 1 N–H and O–H groups in total. The molecule has 1 atom stereocenters. The summed E-state index contributed by atoms with van der Waals surface area (Å²) in [6.07, 6.45) is 4.45. The number of rotatable bonds is 2. The predicted molar refractivity (Wildman–Crippen MR) is 95.2 cm³/mol. The van der Waals surface area contributed by atoms with Crippen molar-refractivity contribution in [2.75, 3.05) is 25.0 Å². The average Bonchev–Trinajstić information content (AvgIpc) is 2.57. The molecule has 1 unspecified atom stereocenters. The third kappa shape index (κ3) is 3.36. The van der Waals surface area contributed by atoms with Crippen LogP contribution in [0.3, 0.4) is 0 Å². The summed E-state index contributed by atoms with van der Waals surface area (Å²) >= 11 is 5.88. The normalized spacial score (nSPS) is 24.3. The Labute approximate surface area is 147 Å². The van der Waals surface area contributed by atoms with Crippen LogP contribution in [0, 0.1) is 0 Å². The summed E-state index contributed by atoms with van der Waals surface area (Å²) < 4.78 is 0. The van der Waals surface area contributed by atoms with Gasteiger partial charge in [-0.3, -0.25) is 4.79 Å². The minimum atomic E-state index is -0.181. The Bertz CT molecular complexity index is 615. The smallest absolute Gasteiger partial charge is 0.321 e. The summed E-state index contributed by atoms with van der Waals surface area (Å²) in [5.74, 6) is 0.226. The number of likely N-dealkylation sites (tertiary alicyclic amines) is 2. The zero-order valence-corrected chi connectivity index (χ0v) is 14.8. The molecule has 0 aliphatic carbocycles. The highest BCUT2D eigenvalue weighted by atomic mass is 35.5. The second kappa shape index (κ2) is 7.01. The van der Waals surface area contributed by atoms with E-state index >= 15 is 0 Å². The van der Waals surface area contributed by atoms with Gasteiger partial charge in [0.15, 0.2) is 0 Å². The lowest BCUT2D eigenvalue weighted by molar-refractivity contribution is -0.144. The second-order valence-corrected chi connectivity index (χ2v) is 7.11. The molecule has 2 saturated heterocycles. The first-order chi connectivity index (χ1) is 11.5. The van der Waals surface area contributed by atoms with Crippen molar-refractivity contribution in [3.8, 4) is 0 Å². The van der Waals surface area contributed by atoms with Gasteiger partial charge in [0.2, 0.25) is 5.91 Å². The lowest BCUT2D eigenvalue weighted by atomic mass is 9.79. The molecule has 24 heavy (non-hydrogen) atoms. The van der Waals surface area contributed by atoms with Crippen LogP contribution in [0.15, 0.2) is 24.3 Å². The molecule has 1 aromatic carbocycles. The molecule has 1 spiro atoms. The Morgan fingerprint density at radius 3 is 2.67 bits per heavy atom. The molecule has 5 nitrogen and oxygen atoms in total. The largest absolute Gasteiger partial charge is 0.336 e. The monoisotopic (exact) mass is 349 g/mol. The summed E-state index contributed by atoms with van der Waals surface area (Å²) in [4.78, 5) is 28.8. The predicted octanol–water partition coefficient (Wildman–Crippen LogP) is 3.74. The van der Waals surface area contributed by atoms with Gasteiger partial charge in [-0.25, -0.2) is 4.79 Å². The first-order valence-corrected chi connectivity index (χ1v) is 9.04. The highest BCUT2D eigenvalue weighted by Crippen LogP contribution is 2.36. The van der Waals surface area contributed by atoms with Gasteiger partial charge in [-0.05, 0) is 56.9 Å². The zero-order valence-electron chi connectivity index (χ0n) is 14.1. The third-order valence-corrected chi connectivity index (χ3v) is 5.41. The Balaban J connectivity index is 1.71. The summed E-state index contributed by atoms with van der Waals surface area (Å²) in [6.45, 7) is 4.09. The molecular formula is C18H24ClN3O2. The maximum absolute atomic E-state index is 12.6. The van der Waals surface area contributed by atoms with Gasteiger partial charge < -0.3 is 15.1 Å². The summed E-state index contributed by atoms with van der Waals surface area (Å²) in [5.41, 5.74) is 0.552. The number of anilines is 1. The number of likely N-dealkylation sites (N-methyl/N-ethyl adjacent to an activating group) is 1. The van der Waals surface area contributed by atoms with Gasteiger partial charge in [0.25, 0.3) is 0 Å². The molecule has 2 fully saturated rings. The number of benzene rings is 1. The van der Waals surface area contributed by atoms with Gasteiger partial charge in [0.05, 0.1) is 5.54 Å². The van der Waals surface area contributed by atoms with Gasteiger partial charge in [-0.1, -0.05) is 11.6 Å². The first kappa shape index (κ1) is 17.1. The number of nitrogens with zero attached hydrogens (tertiary/aromatic N) is 2. The van der Waals surface area contributed by atoms with Gasteiger partial charge in [-0.15, -0.1) is 0 Å². The van der Waals surface area contributed by atoms with E-state index in [0.717, 1.165) is 37.9 Å². The van der Waals surface area contributed by atoms with E-state index in [2.05, 4.69) is 5.32 Å². The number of amides is 3. The number of hydrogen-bond acceptors (Lipinski definition) is 2. The van der Waals surface area contributed by atoms with Crippen LogP contribution in [-0.2, 0) is 4.79 Å². The van der Waals surface area contributed by atoms with Crippen LogP contribution >= 0.6 is 11.6 Å². The number of nitrogens with one attached hydrogen (secondary N) is 1. The number of halogens is 1. The summed E-state index contributed by atoms with van der Waals surface area (Å²) in [5, 5.41) is 3.57. The molecule has 2 aliphatic heterocycles. The second-order valence-electron chi connectivity index (χ2n) is 6.68. The van der Waals surface area contributed by atoms with Crippen molar-refractivity contribution in [2.24, 2.45) is 0 Å². The molecular weight excluding hydrogens is 326 g/mol. The SMILES string of the molecule is CCN1C(=O)CCCC12CCCN(C(=O)Nc1ccc(Cl)cc1)C2. The van der Waals surface area contributed by atoms with Crippen molar-refractivity contribution in [2.45, 2.75) is 44.6 Å². The molecule has 130 valence electrons. The van der Waals surface area contributed by atoms with Crippen LogP contribution in [0.1, 0.15) is 39.0 Å². The van der Waals surface area contributed by atoms with Crippen molar-refractivity contribution in [3.63, 3.8) is 0 Å². The van der Waals surface area contributed by atoms with E-state index in [0.29, 0.717) is 24.5 Å². The van der Waals surface area contributed by atoms with E-state index < -0.39 is 0 Å². The fraction of sp³-hybridized carbons (Fsp3) is 0.556. The molecule has 2 aliphatic rings. The van der Waals surface area contributed by atoms with E-state index in [1.54, 1.807) is 24.3 Å². The van der Waals surface area contributed by atoms with Crippen LogP contribution < -0.4 is 5.32 Å². The number of urea groups is 1. The van der Waals surface area contributed by atoms with Crippen LogP contribution in [0.5, 0.6) is 0 Å². The quantitative estimate of drug-likeness (QED) is 0.884. The van der Waals surface area contributed by atoms with Crippen molar-refractivity contribution >= 4 is 29.2 Å². The van der Waals surface area contributed by atoms with Crippen molar-refractivity contribution < 1.29 is 9.59 Å². The van der Waals surface area contributed by atoms with Crippen LogP contribution in [0.2, 0.25) is 5.02 Å². The third-order valence-electron chi connectivity index (χ3n) is 5.16. The molecule has 0 bridgehead atoms. The molecule has 2 heterocycles. The maximum Gasteiger partial charge on any atom is 0.321 e. The summed E-state index contributed by atoms with van der Waals surface area (Å²) in [6, 6.07) is 7.00. The number of carbonyl (C=O) groups is 2. The Morgan fingerprint density at radius 1 is 1.25 bits per heavy atom. The van der Waals surface area contributed by atoms with Gasteiger partial charge in [0.1, 0.15) is 0 Å². The van der Waals surface area contributed by atoms with Crippen molar-refractivity contribution in [1.82, 2.24) is 9.80 Å². The van der Waals surface area contributed by atoms with E-state index in [9.17, 15) is 9.59 Å². The zero-order chi connectivity index (χ0) is 17.2. The number of piperidine rings is 2. The number of hydrogen-bond donors (Lipinski definition) is 1. The molecule has 1 aromatic rings. The summed E-state index contributed by atoms with van der Waals surface area (Å²) in [7, 11) is 0. The Kier molecular flexibility index (Phi) is 4.99. The highest BCUT2D eigenvalue weighted by molar-refractivity contribution is 6.30. The minimum absolute atomic E-state index is 0.106. The molecule has 0 saturated carbocycles. The maximum atomic E-state index is 12.6. The average molecular weight is 350 g/mol. The van der Waals surface area contributed by atoms with E-state index in [4.69, 9.17) is 11.6 Å². The highest BCUT2D eigenvalue weighted by Gasteiger charge is 2.45.